The van der Waals surface area contributed by atoms with Crippen LogP contribution in [0.2, 0.25) is 0 Å². The number of hydrogen-bond donors (Lipinski definition) is 0. The van der Waals surface area contributed by atoms with E-state index in [2.05, 4.69) is 40.1 Å². The first-order valence-electron chi connectivity index (χ1n) is 9.97. The molecule has 0 radical (unpaired) electrons. The van der Waals surface area contributed by atoms with Crippen LogP contribution in [-0.4, -0.2) is 65.8 Å². The van der Waals surface area contributed by atoms with Crippen LogP contribution in [0, 0.1) is 17.8 Å². The molecule has 1 aromatic carbocycles. The lowest BCUT2D eigenvalue weighted by molar-refractivity contribution is -0.135. The third-order valence-electron chi connectivity index (χ3n) is 6.32. The smallest absolute Gasteiger partial charge is 0.227 e. The van der Waals surface area contributed by atoms with Crippen LogP contribution < -0.4 is 0 Å². The molecule has 3 aliphatic rings. The highest BCUT2D eigenvalue weighted by molar-refractivity contribution is 5.82. The molecule has 1 aromatic rings. The molecule has 3 aliphatic heterocycles. The highest BCUT2D eigenvalue weighted by atomic mass is 16.2. The van der Waals surface area contributed by atoms with E-state index in [1.807, 2.05) is 11.8 Å². The molecule has 0 spiro atoms. The average molecular weight is 355 g/mol. The number of fused-ring (bicyclic) bond motifs is 1. The van der Waals surface area contributed by atoms with Crippen molar-refractivity contribution in [2.24, 2.45) is 17.8 Å². The van der Waals surface area contributed by atoms with Gasteiger partial charge in [-0.05, 0) is 23.8 Å². The number of likely N-dealkylation sites (tertiary alicyclic amines) is 3. The van der Waals surface area contributed by atoms with Crippen LogP contribution in [0.4, 0.5) is 0 Å². The van der Waals surface area contributed by atoms with Gasteiger partial charge in [-0.15, -0.1) is 0 Å². The minimum absolute atomic E-state index is 0.0183. The zero-order valence-electron chi connectivity index (χ0n) is 15.6. The van der Waals surface area contributed by atoms with Crippen molar-refractivity contribution in [1.29, 1.82) is 0 Å². The molecule has 5 nitrogen and oxygen atoms in total. The summed E-state index contributed by atoms with van der Waals surface area (Å²) in [6.07, 6.45) is 1.36. The van der Waals surface area contributed by atoms with Crippen molar-refractivity contribution in [3.63, 3.8) is 0 Å². The highest BCUT2D eigenvalue weighted by Crippen LogP contribution is 2.33. The molecule has 26 heavy (non-hydrogen) atoms. The van der Waals surface area contributed by atoms with Crippen molar-refractivity contribution in [2.45, 2.75) is 26.3 Å². The Balaban J connectivity index is 1.28. The lowest BCUT2D eigenvalue weighted by atomic mass is 10.0. The lowest BCUT2D eigenvalue weighted by Crippen LogP contribution is -2.38. The van der Waals surface area contributed by atoms with E-state index in [0.717, 1.165) is 45.7 Å². The fraction of sp³-hybridized carbons (Fsp3) is 0.619. The Morgan fingerprint density at radius 3 is 2.31 bits per heavy atom. The molecule has 0 aromatic heterocycles. The van der Waals surface area contributed by atoms with Crippen LogP contribution in [0.5, 0.6) is 0 Å². The summed E-state index contributed by atoms with van der Waals surface area (Å²) in [5, 5.41) is 0. The maximum atomic E-state index is 12.9. The van der Waals surface area contributed by atoms with E-state index in [-0.39, 0.29) is 17.7 Å². The standard InChI is InChI=1S/C21H29N3O2/c1-2-20(25)23-9-8-17(13-23)21(26)24-14-18-11-22(12-19(18)15-24)10-16-6-4-3-5-7-16/h3-7,17-19H,2,8-15H2,1H3/t17?,18-,19+. The maximum absolute atomic E-state index is 12.9. The minimum atomic E-state index is 0.0183. The Kier molecular flexibility index (Phi) is 4.98. The predicted octanol–water partition coefficient (Wildman–Crippen LogP) is 1.84. The second-order valence-corrected chi connectivity index (χ2v) is 8.12. The molecule has 0 bridgehead atoms. The van der Waals surface area contributed by atoms with Gasteiger partial charge in [0.15, 0.2) is 0 Å². The van der Waals surface area contributed by atoms with Crippen LogP contribution in [-0.2, 0) is 16.1 Å². The second-order valence-electron chi connectivity index (χ2n) is 8.12. The highest BCUT2D eigenvalue weighted by Gasteiger charge is 2.43. The van der Waals surface area contributed by atoms with Crippen LogP contribution in [0.25, 0.3) is 0 Å². The van der Waals surface area contributed by atoms with Crippen LogP contribution in [0.3, 0.4) is 0 Å². The monoisotopic (exact) mass is 355 g/mol. The minimum Gasteiger partial charge on any atom is -0.342 e. The van der Waals surface area contributed by atoms with E-state index >= 15 is 0 Å². The molecule has 3 saturated heterocycles. The predicted molar refractivity (Wildman–Crippen MR) is 100 cm³/mol. The van der Waals surface area contributed by atoms with Gasteiger partial charge in [0.2, 0.25) is 11.8 Å². The number of carbonyl (C=O) groups is 2. The summed E-state index contributed by atoms with van der Waals surface area (Å²) in [5.74, 6) is 1.69. The average Bonchev–Trinajstić information content (AvgIpc) is 3.36. The zero-order valence-corrected chi connectivity index (χ0v) is 15.6. The Hall–Kier alpha value is -1.88. The molecule has 0 saturated carbocycles. The van der Waals surface area contributed by atoms with Gasteiger partial charge in [-0.3, -0.25) is 14.5 Å². The third kappa shape index (κ3) is 3.50. The molecule has 1 unspecified atom stereocenters. The van der Waals surface area contributed by atoms with Gasteiger partial charge in [-0.2, -0.15) is 0 Å². The van der Waals surface area contributed by atoms with E-state index in [1.165, 1.54) is 5.56 Å². The Morgan fingerprint density at radius 1 is 0.962 bits per heavy atom. The van der Waals surface area contributed by atoms with Gasteiger partial charge in [0.1, 0.15) is 0 Å². The lowest BCUT2D eigenvalue weighted by Gasteiger charge is -2.24. The number of nitrogens with zero attached hydrogens (tertiary/aromatic N) is 3. The van der Waals surface area contributed by atoms with Gasteiger partial charge in [-0.25, -0.2) is 0 Å². The van der Waals surface area contributed by atoms with Gasteiger partial charge >= 0.3 is 0 Å². The molecule has 0 N–H and O–H groups in total. The molecule has 3 atom stereocenters. The SMILES string of the molecule is CCC(=O)N1CCC(C(=O)N2C[C@H]3CN(Cc4ccccc4)C[C@H]3C2)C1. The molecule has 3 heterocycles. The van der Waals surface area contributed by atoms with E-state index in [0.29, 0.717) is 24.8 Å². The van der Waals surface area contributed by atoms with Crippen molar-refractivity contribution >= 4 is 11.8 Å². The van der Waals surface area contributed by atoms with Gasteiger partial charge in [-0.1, -0.05) is 37.3 Å². The van der Waals surface area contributed by atoms with Gasteiger partial charge in [0.25, 0.3) is 0 Å². The van der Waals surface area contributed by atoms with E-state index in [4.69, 9.17) is 0 Å². The van der Waals surface area contributed by atoms with Crippen LogP contribution >= 0.6 is 0 Å². The normalized spacial score (nSPS) is 28.6. The van der Waals surface area contributed by atoms with Crippen molar-refractivity contribution in [2.75, 3.05) is 39.3 Å². The molecular weight excluding hydrogens is 326 g/mol. The van der Waals surface area contributed by atoms with E-state index in [9.17, 15) is 9.59 Å². The number of rotatable bonds is 4. The van der Waals surface area contributed by atoms with Crippen molar-refractivity contribution in [3.05, 3.63) is 35.9 Å². The summed E-state index contributed by atoms with van der Waals surface area (Å²) < 4.78 is 0. The molecule has 3 fully saturated rings. The van der Waals surface area contributed by atoms with Gasteiger partial charge in [0, 0.05) is 52.2 Å². The third-order valence-corrected chi connectivity index (χ3v) is 6.32. The molecule has 0 aliphatic carbocycles. The quantitative estimate of drug-likeness (QED) is 0.828. The van der Waals surface area contributed by atoms with Gasteiger partial charge in [0.05, 0.1) is 5.92 Å². The molecule has 5 heteroatoms. The Bertz CT molecular complexity index is 648. The van der Waals surface area contributed by atoms with Crippen LogP contribution in [0.1, 0.15) is 25.3 Å². The maximum Gasteiger partial charge on any atom is 0.227 e. The molecular formula is C21H29N3O2. The number of benzene rings is 1. The topological polar surface area (TPSA) is 43.9 Å². The number of hydrogen-bond acceptors (Lipinski definition) is 3. The second kappa shape index (κ2) is 7.39. The Morgan fingerprint density at radius 2 is 1.65 bits per heavy atom. The first kappa shape index (κ1) is 17.5. The summed E-state index contributed by atoms with van der Waals surface area (Å²) >= 11 is 0. The fourth-order valence-corrected chi connectivity index (χ4v) is 4.91. The largest absolute Gasteiger partial charge is 0.342 e. The number of amides is 2. The van der Waals surface area contributed by atoms with Crippen molar-refractivity contribution in [1.82, 2.24) is 14.7 Å². The fourth-order valence-electron chi connectivity index (χ4n) is 4.91. The van der Waals surface area contributed by atoms with Crippen molar-refractivity contribution in [3.8, 4) is 0 Å². The van der Waals surface area contributed by atoms with E-state index in [1.54, 1.807) is 0 Å². The molecule has 4 rings (SSSR count). The van der Waals surface area contributed by atoms with Crippen LogP contribution in [0.15, 0.2) is 30.3 Å². The first-order valence-corrected chi connectivity index (χ1v) is 9.97. The summed E-state index contributed by atoms with van der Waals surface area (Å²) in [4.78, 5) is 31.2. The molecule has 140 valence electrons. The van der Waals surface area contributed by atoms with E-state index < -0.39 is 0 Å². The van der Waals surface area contributed by atoms with Gasteiger partial charge < -0.3 is 9.80 Å². The summed E-state index contributed by atoms with van der Waals surface area (Å²) in [6, 6.07) is 10.6. The Labute approximate surface area is 155 Å². The van der Waals surface area contributed by atoms with Crippen molar-refractivity contribution < 1.29 is 9.59 Å². The summed E-state index contributed by atoms with van der Waals surface area (Å²) in [7, 11) is 0. The zero-order chi connectivity index (χ0) is 18.1. The summed E-state index contributed by atoms with van der Waals surface area (Å²) in [6.45, 7) is 8.24. The first-order chi connectivity index (χ1) is 12.6. The molecule has 2 amide bonds. The summed E-state index contributed by atoms with van der Waals surface area (Å²) in [5.41, 5.74) is 1.37. The number of carbonyl (C=O) groups excluding carboxylic acids is 2.